The predicted octanol–water partition coefficient (Wildman–Crippen LogP) is 2.99. The van der Waals surface area contributed by atoms with Gasteiger partial charge >= 0.3 is 0 Å². The molecule has 1 saturated carbocycles. The molecule has 7 heteroatoms. The van der Waals surface area contributed by atoms with Crippen molar-refractivity contribution in [3.63, 3.8) is 0 Å². The molecule has 1 N–H and O–H groups in total. The minimum atomic E-state index is -0.0515. The van der Waals surface area contributed by atoms with E-state index < -0.39 is 0 Å². The average Bonchev–Trinajstić information content (AvgIpc) is 3.17. The summed E-state index contributed by atoms with van der Waals surface area (Å²) in [7, 11) is 1.92. The molecule has 0 bridgehead atoms. The number of carbonyl (C=O) groups excluding carboxylic acids is 1. The summed E-state index contributed by atoms with van der Waals surface area (Å²) in [6.07, 6.45) is 4.31. The molecule has 2 atom stereocenters. The zero-order valence-corrected chi connectivity index (χ0v) is 14.7. The zero-order valence-electron chi connectivity index (χ0n) is 13.9. The van der Waals surface area contributed by atoms with E-state index in [0.29, 0.717) is 5.13 Å². The molecule has 2 heterocycles. The maximum absolute atomic E-state index is 12.6. The molecule has 0 spiro atoms. The third kappa shape index (κ3) is 3.32. The van der Waals surface area contributed by atoms with Crippen molar-refractivity contribution >= 4 is 22.4 Å². The van der Waals surface area contributed by atoms with Gasteiger partial charge in [-0.3, -0.25) is 4.79 Å². The van der Waals surface area contributed by atoms with Gasteiger partial charge in [0, 0.05) is 30.7 Å². The van der Waals surface area contributed by atoms with Crippen LogP contribution in [-0.4, -0.2) is 25.7 Å². The summed E-state index contributed by atoms with van der Waals surface area (Å²) in [5, 5.41) is 13.7. The van der Waals surface area contributed by atoms with E-state index in [9.17, 15) is 4.79 Å². The van der Waals surface area contributed by atoms with Crippen LogP contribution in [0.1, 0.15) is 35.8 Å². The van der Waals surface area contributed by atoms with Crippen molar-refractivity contribution in [1.29, 1.82) is 0 Å². The summed E-state index contributed by atoms with van der Waals surface area (Å²) in [5.74, 6) is 1.01. The lowest BCUT2D eigenvalue weighted by molar-refractivity contribution is -0.123. The highest BCUT2D eigenvalue weighted by molar-refractivity contribution is 7.13. The van der Waals surface area contributed by atoms with Gasteiger partial charge in [0.1, 0.15) is 12.2 Å². The number of benzene rings is 1. The van der Waals surface area contributed by atoms with Crippen LogP contribution in [0.2, 0.25) is 0 Å². The van der Waals surface area contributed by atoms with Gasteiger partial charge in [-0.25, -0.2) is 4.98 Å². The Morgan fingerprint density at radius 1 is 1.32 bits per heavy atom. The lowest BCUT2D eigenvalue weighted by Gasteiger charge is -2.34. The van der Waals surface area contributed by atoms with E-state index in [2.05, 4.69) is 32.6 Å². The Hall–Kier alpha value is -2.54. The van der Waals surface area contributed by atoms with Gasteiger partial charge < -0.3 is 9.88 Å². The van der Waals surface area contributed by atoms with Gasteiger partial charge in [-0.2, -0.15) is 0 Å². The van der Waals surface area contributed by atoms with Gasteiger partial charge in [0.15, 0.2) is 5.13 Å². The largest absolute Gasteiger partial charge is 0.320 e. The van der Waals surface area contributed by atoms with Crippen molar-refractivity contribution in [2.75, 3.05) is 5.32 Å². The van der Waals surface area contributed by atoms with E-state index >= 15 is 0 Å². The van der Waals surface area contributed by atoms with Crippen LogP contribution in [0, 0.1) is 5.92 Å². The minimum absolute atomic E-state index is 0.0276. The molecular formula is C18H19N5OS. The van der Waals surface area contributed by atoms with E-state index in [1.807, 2.05) is 35.2 Å². The molecule has 25 heavy (non-hydrogen) atoms. The number of carbonyl (C=O) groups is 1. The molecule has 1 aliphatic carbocycles. The van der Waals surface area contributed by atoms with Crippen LogP contribution in [0.15, 0.2) is 42.0 Å². The number of nitrogens with one attached hydrogen (secondary N) is 1. The Morgan fingerprint density at radius 2 is 2.16 bits per heavy atom. The van der Waals surface area contributed by atoms with Gasteiger partial charge in [0.2, 0.25) is 5.91 Å². The fourth-order valence-electron chi connectivity index (χ4n) is 3.20. The third-order valence-corrected chi connectivity index (χ3v) is 5.51. The molecule has 128 valence electrons. The van der Waals surface area contributed by atoms with Crippen molar-refractivity contribution in [3.05, 3.63) is 59.1 Å². The lowest BCUT2D eigenvalue weighted by atomic mass is 9.72. The van der Waals surface area contributed by atoms with Crippen LogP contribution in [0.4, 0.5) is 5.13 Å². The minimum Gasteiger partial charge on any atom is -0.320 e. The fraction of sp³-hybridized carbons (Fsp3) is 0.333. The number of rotatable bonds is 5. The second-order valence-corrected chi connectivity index (χ2v) is 7.24. The summed E-state index contributed by atoms with van der Waals surface area (Å²) >= 11 is 1.47. The number of thiazole rings is 1. The van der Waals surface area contributed by atoms with Crippen LogP contribution in [0.3, 0.4) is 0 Å². The summed E-state index contributed by atoms with van der Waals surface area (Å²) in [5.41, 5.74) is 2.19. The van der Waals surface area contributed by atoms with Gasteiger partial charge in [-0.15, -0.1) is 21.5 Å². The number of nitrogens with zero attached hydrogens (tertiary/aromatic N) is 4. The molecule has 1 amide bonds. The molecule has 4 rings (SSSR count). The number of aryl methyl sites for hydroxylation is 1. The second kappa shape index (κ2) is 6.76. The van der Waals surface area contributed by atoms with Crippen molar-refractivity contribution < 1.29 is 4.79 Å². The van der Waals surface area contributed by atoms with Crippen molar-refractivity contribution in [1.82, 2.24) is 19.7 Å². The number of aromatic nitrogens is 4. The topological polar surface area (TPSA) is 72.7 Å². The van der Waals surface area contributed by atoms with E-state index in [4.69, 9.17) is 0 Å². The van der Waals surface area contributed by atoms with Crippen molar-refractivity contribution in [2.45, 2.75) is 25.2 Å². The maximum atomic E-state index is 12.6. The van der Waals surface area contributed by atoms with Gasteiger partial charge in [0.05, 0.1) is 5.69 Å². The maximum Gasteiger partial charge on any atom is 0.230 e. The number of amides is 1. The molecule has 2 aromatic heterocycles. The van der Waals surface area contributed by atoms with E-state index in [-0.39, 0.29) is 17.7 Å². The second-order valence-electron chi connectivity index (χ2n) is 6.39. The fourth-order valence-corrected chi connectivity index (χ4v) is 3.91. The standard InChI is InChI=1S/C18H19N5OS/c1-23-11-19-22-16(23)14-7-8-15(14)17(24)21-18-20-13(10-25-18)9-12-5-3-2-4-6-12/h2-6,10-11,14-15H,7-9H2,1H3,(H,20,21,24)/t14-,15+/m1/s1. The quantitative estimate of drug-likeness (QED) is 0.765. The molecule has 3 aromatic rings. The molecule has 0 aliphatic heterocycles. The molecule has 1 aromatic carbocycles. The number of hydrogen-bond donors (Lipinski definition) is 1. The third-order valence-electron chi connectivity index (χ3n) is 4.70. The molecule has 0 unspecified atom stereocenters. The SMILES string of the molecule is Cn1cnnc1[C@@H]1CC[C@@H]1C(=O)Nc1nc(Cc2ccccc2)cs1. The Balaban J connectivity index is 1.39. The van der Waals surface area contributed by atoms with Crippen LogP contribution in [0.5, 0.6) is 0 Å². The monoisotopic (exact) mass is 353 g/mol. The van der Waals surface area contributed by atoms with Gasteiger partial charge in [0.25, 0.3) is 0 Å². The van der Waals surface area contributed by atoms with Crippen LogP contribution < -0.4 is 5.32 Å². The summed E-state index contributed by atoms with van der Waals surface area (Å²) in [6, 6.07) is 10.2. The Labute approximate surface area is 149 Å². The highest BCUT2D eigenvalue weighted by Crippen LogP contribution is 2.42. The van der Waals surface area contributed by atoms with E-state index in [1.54, 1.807) is 6.33 Å². The lowest BCUT2D eigenvalue weighted by Crippen LogP contribution is -2.36. The zero-order chi connectivity index (χ0) is 17.2. The van der Waals surface area contributed by atoms with Crippen molar-refractivity contribution in [2.24, 2.45) is 13.0 Å². The number of hydrogen-bond acceptors (Lipinski definition) is 5. The first-order valence-corrected chi connectivity index (χ1v) is 9.22. The van der Waals surface area contributed by atoms with Crippen LogP contribution in [0.25, 0.3) is 0 Å². The highest BCUT2D eigenvalue weighted by Gasteiger charge is 2.40. The molecule has 0 radical (unpaired) electrons. The van der Waals surface area contributed by atoms with E-state index in [1.165, 1.54) is 16.9 Å². The van der Waals surface area contributed by atoms with Crippen LogP contribution >= 0.6 is 11.3 Å². The van der Waals surface area contributed by atoms with E-state index in [0.717, 1.165) is 30.8 Å². The number of anilines is 1. The smallest absolute Gasteiger partial charge is 0.230 e. The predicted molar refractivity (Wildman–Crippen MR) is 96.5 cm³/mol. The summed E-state index contributed by atoms with van der Waals surface area (Å²) < 4.78 is 1.89. The Morgan fingerprint density at radius 3 is 2.84 bits per heavy atom. The molecule has 0 saturated heterocycles. The highest BCUT2D eigenvalue weighted by atomic mass is 32.1. The first-order chi connectivity index (χ1) is 12.2. The normalized spacial score (nSPS) is 19.4. The molecular weight excluding hydrogens is 334 g/mol. The van der Waals surface area contributed by atoms with Gasteiger partial charge in [-0.05, 0) is 18.4 Å². The summed E-state index contributed by atoms with van der Waals surface area (Å²) in [4.78, 5) is 17.1. The molecule has 1 aliphatic rings. The summed E-state index contributed by atoms with van der Waals surface area (Å²) in [6.45, 7) is 0. The van der Waals surface area contributed by atoms with Gasteiger partial charge in [-0.1, -0.05) is 30.3 Å². The first-order valence-electron chi connectivity index (χ1n) is 8.34. The Bertz CT molecular complexity index is 872. The molecule has 1 fully saturated rings. The van der Waals surface area contributed by atoms with Crippen LogP contribution in [-0.2, 0) is 18.3 Å². The Kier molecular flexibility index (Phi) is 4.31. The first kappa shape index (κ1) is 16.0. The average molecular weight is 353 g/mol. The molecule has 6 nitrogen and oxygen atoms in total. The van der Waals surface area contributed by atoms with Crippen molar-refractivity contribution in [3.8, 4) is 0 Å².